The Bertz CT molecular complexity index is 483. The lowest BCUT2D eigenvalue weighted by molar-refractivity contribution is -0.137. The number of carbonyl (C=O) groups is 2. The van der Waals surface area contributed by atoms with Crippen LogP contribution in [0.4, 0.5) is 0 Å². The van der Waals surface area contributed by atoms with Gasteiger partial charge >= 0.3 is 5.97 Å². The second-order valence-electron chi connectivity index (χ2n) is 3.51. The molecule has 0 heterocycles. The molecule has 0 aromatic heterocycles. The number of nitrogens with one attached hydrogen (secondary N) is 1. The van der Waals surface area contributed by atoms with Crippen LogP contribution in [0.3, 0.4) is 0 Å². The molecule has 4 nitrogen and oxygen atoms in total. The van der Waals surface area contributed by atoms with Crippen molar-refractivity contribution in [3.05, 3.63) is 46.6 Å². The summed E-state index contributed by atoms with van der Waals surface area (Å²) in [6.45, 7) is 3.61. The second kappa shape index (κ2) is 6.81. The molecule has 0 aliphatic rings. The van der Waals surface area contributed by atoms with Crippen LogP contribution < -0.4 is 5.32 Å². The van der Waals surface area contributed by atoms with Gasteiger partial charge < -0.3 is 10.1 Å². The van der Waals surface area contributed by atoms with E-state index >= 15 is 0 Å². The van der Waals surface area contributed by atoms with Gasteiger partial charge in [-0.2, -0.15) is 0 Å². The molecule has 0 radical (unpaired) electrons. The van der Waals surface area contributed by atoms with Crippen LogP contribution in [0.15, 0.2) is 36.0 Å². The molecular formula is C13H14ClNO3. The van der Waals surface area contributed by atoms with Gasteiger partial charge in [0.25, 0.3) is 5.91 Å². The second-order valence-corrected chi connectivity index (χ2v) is 3.92. The van der Waals surface area contributed by atoms with Gasteiger partial charge in [0.15, 0.2) is 0 Å². The maximum Gasteiger partial charge on any atom is 0.332 e. The minimum absolute atomic E-state index is 0.293. The van der Waals surface area contributed by atoms with Crippen molar-refractivity contribution < 1.29 is 14.3 Å². The van der Waals surface area contributed by atoms with E-state index in [0.29, 0.717) is 22.9 Å². The summed E-state index contributed by atoms with van der Waals surface area (Å²) < 4.78 is 4.73. The molecule has 1 N–H and O–H groups in total. The average Bonchev–Trinajstić information content (AvgIpc) is 2.29. The van der Waals surface area contributed by atoms with Crippen LogP contribution in [0.2, 0.25) is 5.02 Å². The fourth-order valence-electron chi connectivity index (χ4n) is 1.29. The minimum Gasteiger partial charge on any atom is -0.463 e. The summed E-state index contributed by atoms with van der Waals surface area (Å²) >= 11 is 5.89. The largest absolute Gasteiger partial charge is 0.463 e. The highest BCUT2D eigenvalue weighted by Gasteiger charge is 2.09. The smallest absolute Gasteiger partial charge is 0.332 e. The number of allylic oxidation sites excluding steroid dienone is 1. The van der Waals surface area contributed by atoms with Crippen molar-refractivity contribution in [1.82, 2.24) is 5.32 Å². The maximum absolute atomic E-state index is 11.8. The van der Waals surface area contributed by atoms with Crippen LogP contribution >= 0.6 is 11.6 Å². The van der Waals surface area contributed by atoms with Crippen LogP contribution in [0, 0.1) is 0 Å². The van der Waals surface area contributed by atoms with Crippen molar-refractivity contribution in [2.75, 3.05) is 6.61 Å². The van der Waals surface area contributed by atoms with E-state index < -0.39 is 5.97 Å². The van der Waals surface area contributed by atoms with Crippen molar-refractivity contribution in [3.8, 4) is 0 Å². The van der Waals surface area contributed by atoms with Crippen LogP contribution in [0.5, 0.6) is 0 Å². The summed E-state index contributed by atoms with van der Waals surface area (Å²) in [6.07, 6.45) is 1.22. The zero-order chi connectivity index (χ0) is 13.5. The highest BCUT2D eigenvalue weighted by atomic mass is 35.5. The lowest BCUT2D eigenvalue weighted by Gasteiger charge is -2.06. The van der Waals surface area contributed by atoms with Crippen molar-refractivity contribution in [1.29, 1.82) is 0 Å². The molecule has 1 aromatic carbocycles. The molecule has 0 saturated heterocycles. The van der Waals surface area contributed by atoms with E-state index in [-0.39, 0.29) is 5.91 Å². The van der Waals surface area contributed by atoms with Gasteiger partial charge in [0.2, 0.25) is 0 Å². The topological polar surface area (TPSA) is 55.4 Å². The van der Waals surface area contributed by atoms with E-state index in [4.69, 9.17) is 16.3 Å². The van der Waals surface area contributed by atoms with Crippen molar-refractivity contribution >= 4 is 23.5 Å². The molecule has 96 valence electrons. The van der Waals surface area contributed by atoms with Gasteiger partial charge in [-0.25, -0.2) is 4.79 Å². The van der Waals surface area contributed by atoms with E-state index in [2.05, 4.69) is 5.32 Å². The Morgan fingerprint density at radius 3 is 2.67 bits per heavy atom. The predicted molar refractivity (Wildman–Crippen MR) is 69.3 cm³/mol. The van der Waals surface area contributed by atoms with Gasteiger partial charge in [0.05, 0.1) is 17.2 Å². The number of carbonyl (C=O) groups excluding carboxylic acids is 2. The van der Waals surface area contributed by atoms with Crippen LogP contribution in [0.1, 0.15) is 24.2 Å². The molecule has 0 aliphatic heterocycles. The molecular weight excluding hydrogens is 254 g/mol. The highest BCUT2D eigenvalue weighted by molar-refractivity contribution is 6.33. The fourth-order valence-corrected chi connectivity index (χ4v) is 1.51. The molecule has 1 amide bonds. The highest BCUT2D eigenvalue weighted by Crippen LogP contribution is 2.14. The number of rotatable bonds is 4. The molecule has 0 fully saturated rings. The number of esters is 1. The summed E-state index contributed by atoms with van der Waals surface area (Å²) in [5, 5.41) is 2.92. The number of halogens is 1. The molecule has 0 saturated carbocycles. The summed E-state index contributed by atoms with van der Waals surface area (Å²) in [5.41, 5.74) is 0.758. The summed E-state index contributed by atoms with van der Waals surface area (Å²) in [5.74, 6) is -0.854. The quantitative estimate of drug-likeness (QED) is 0.674. The van der Waals surface area contributed by atoms with Gasteiger partial charge in [-0.3, -0.25) is 4.79 Å². The first-order chi connectivity index (χ1) is 8.54. The first-order valence-electron chi connectivity index (χ1n) is 5.45. The molecule has 0 unspecified atom stereocenters. The zero-order valence-corrected chi connectivity index (χ0v) is 11.0. The predicted octanol–water partition coefficient (Wildman–Crippen LogP) is 2.54. The number of hydrogen-bond acceptors (Lipinski definition) is 3. The van der Waals surface area contributed by atoms with Crippen molar-refractivity contribution in [2.24, 2.45) is 0 Å². The van der Waals surface area contributed by atoms with E-state index in [9.17, 15) is 9.59 Å². The standard InChI is InChI=1S/C13H14ClNO3/c1-3-18-12(16)8-9(2)15-13(17)10-6-4-5-7-11(10)14/h4-8H,3H2,1-2H3,(H,15,17). The normalized spacial score (nSPS) is 10.9. The van der Waals surface area contributed by atoms with Gasteiger partial charge in [-0.1, -0.05) is 23.7 Å². The SMILES string of the molecule is CCOC(=O)C=C(C)NC(=O)c1ccccc1Cl. The third-order valence-corrected chi connectivity index (χ3v) is 2.38. The number of hydrogen-bond donors (Lipinski definition) is 1. The van der Waals surface area contributed by atoms with Gasteiger partial charge in [0, 0.05) is 11.8 Å². The number of ether oxygens (including phenoxy) is 1. The van der Waals surface area contributed by atoms with Crippen molar-refractivity contribution in [2.45, 2.75) is 13.8 Å². The average molecular weight is 268 g/mol. The Kier molecular flexibility index (Phi) is 5.39. The monoisotopic (exact) mass is 267 g/mol. The lowest BCUT2D eigenvalue weighted by Crippen LogP contribution is -2.22. The zero-order valence-electron chi connectivity index (χ0n) is 10.2. The molecule has 18 heavy (non-hydrogen) atoms. The van der Waals surface area contributed by atoms with Gasteiger partial charge in [-0.15, -0.1) is 0 Å². The van der Waals surface area contributed by atoms with Crippen LogP contribution in [-0.2, 0) is 9.53 Å². The van der Waals surface area contributed by atoms with Crippen LogP contribution in [-0.4, -0.2) is 18.5 Å². The van der Waals surface area contributed by atoms with E-state index in [1.54, 1.807) is 38.1 Å². The first-order valence-corrected chi connectivity index (χ1v) is 5.83. The van der Waals surface area contributed by atoms with Gasteiger partial charge in [-0.05, 0) is 26.0 Å². The molecule has 1 aromatic rings. The molecule has 0 aliphatic carbocycles. The van der Waals surface area contributed by atoms with Gasteiger partial charge in [0.1, 0.15) is 0 Å². The molecule has 0 bridgehead atoms. The van der Waals surface area contributed by atoms with E-state index in [1.165, 1.54) is 6.08 Å². The number of amides is 1. The molecule has 0 spiro atoms. The van der Waals surface area contributed by atoms with E-state index in [0.717, 1.165) is 0 Å². The fraction of sp³-hybridized carbons (Fsp3) is 0.231. The third-order valence-electron chi connectivity index (χ3n) is 2.05. The van der Waals surface area contributed by atoms with Crippen LogP contribution in [0.25, 0.3) is 0 Å². The number of benzene rings is 1. The first kappa shape index (κ1) is 14.3. The Labute approximate surface area is 111 Å². The third kappa shape index (κ3) is 4.22. The summed E-state index contributed by atoms with van der Waals surface area (Å²) in [7, 11) is 0. The Morgan fingerprint density at radius 2 is 2.06 bits per heavy atom. The lowest BCUT2D eigenvalue weighted by atomic mass is 10.2. The summed E-state index contributed by atoms with van der Waals surface area (Å²) in [6, 6.07) is 6.68. The molecule has 5 heteroatoms. The Hall–Kier alpha value is -1.81. The van der Waals surface area contributed by atoms with Crippen molar-refractivity contribution in [3.63, 3.8) is 0 Å². The Morgan fingerprint density at radius 1 is 1.39 bits per heavy atom. The molecule has 1 rings (SSSR count). The Balaban J connectivity index is 2.71. The molecule has 0 atom stereocenters. The van der Waals surface area contributed by atoms with E-state index in [1.807, 2.05) is 0 Å². The maximum atomic E-state index is 11.8. The summed E-state index contributed by atoms with van der Waals surface area (Å²) in [4.78, 5) is 23.0. The minimum atomic E-state index is -0.491.